The van der Waals surface area contributed by atoms with Crippen LogP contribution in [0, 0.1) is 5.92 Å². The molecule has 2 aliphatic heterocycles. The maximum absolute atomic E-state index is 12.7. The summed E-state index contributed by atoms with van der Waals surface area (Å²) < 4.78 is 0. The Morgan fingerprint density at radius 3 is 2.69 bits per heavy atom. The standard InChI is InChI=1S/C19H21N3O4/c23-16-10-14(18(25)26)19(21-16)5-7-22(8-6-19)17(24)9-12-11-20-15-4-2-1-3-13(12)15/h1-4,11,14,20H,5-10H2,(H,21,23)(H,25,26)/t14-/m1/s1. The number of aliphatic carboxylic acids is 1. The van der Waals surface area contributed by atoms with Gasteiger partial charge in [0.25, 0.3) is 0 Å². The fourth-order valence-corrected chi connectivity index (χ4v) is 4.30. The van der Waals surface area contributed by atoms with E-state index in [0.29, 0.717) is 32.4 Å². The van der Waals surface area contributed by atoms with Gasteiger partial charge in [-0.1, -0.05) is 18.2 Å². The van der Waals surface area contributed by atoms with Crippen molar-refractivity contribution in [2.75, 3.05) is 13.1 Å². The van der Waals surface area contributed by atoms with Crippen molar-refractivity contribution >= 4 is 28.7 Å². The van der Waals surface area contributed by atoms with Crippen LogP contribution in [0.25, 0.3) is 10.9 Å². The number of nitrogens with one attached hydrogen (secondary N) is 2. The van der Waals surface area contributed by atoms with Gasteiger partial charge in [0, 0.05) is 36.6 Å². The number of hydrogen-bond donors (Lipinski definition) is 3. The van der Waals surface area contributed by atoms with Crippen LogP contribution in [0.2, 0.25) is 0 Å². The van der Waals surface area contributed by atoms with Crippen LogP contribution in [0.4, 0.5) is 0 Å². The van der Waals surface area contributed by atoms with Crippen molar-refractivity contribution in [3.8, 4) is 0 Å². The molecule has 26 heavy (non-hydrogen) atoms. The molecule has 7 heteroatoms. The number of carbonyl (C=O) groups excluding carboxylic acids is 2. The Hall–Kier alpha value is -2.83. The lowest BCUT2D eigenvalue weighted by Crippen LogP contribution is -2.56. The number of carboxylic acids is 1. The fourth-order valence-electron chi connectivity index (χ4n) is 4.30. The number of aromatic nitrogens is 1. The van der Waals surface area contributed by atoms with E-state index < -0.39 is 17.4 Å². The molecule has 1 aromatic heterocycles. The maximum Gasteiger partial charge on any atom is 0.309 e. The van der Waals surface area contributed by atoms with Crippen molar-refractivity contribution in [1.29, 1.82) is 0 Å². The zero-order chi connectivity index (χ0) is 18.3. The van der Waals surface area contributed by atoms with Gasteiger partial charge in [-0.2, -0.15) is 0 Å². The molecular formula is C19H21N3O4. The van der Waals surface area contributed by atoms with Crippen LogP contribution in [-0.4, -0.2) is 51.4 Å². The van der Waals surface area contributed by atoms with Gasteiger partial charge in [0.15, 0.2) is 0 Å². The molecule has 2 amide bonds. The Bertz CT molecular complexity index is 880. The summed E-state index contributed by atoms with van der Waals surface area (Å²) in [4.78, 5) is 40.9. The molecule has 2 aromatic rings. The maximum atomic E-state index is 12.7. The van der Waals surface area contributed by atoms with Gasteiger partial charge in [0.2, 0.25) is 11.8 Å². The number of likely N-dealkylation sites (tertiary alicyclic amines) is 1. The molecule has 0 saturated carbocycles. The van der Waals surface area contributed by atoms with Crippen molar-refractivity contribution < 1.29 is 19.5 Å². The molecule has 0 aliphatic carbocycles. The van der Waals surface area contributed by atoms with E-state index in [2.05, 4.69) is 10.3 Å². The van der Waals surface area contributed by atoms with Crippen molar-refractivity contribution in [1.82, 2.24) is 15.2 Å². The third kappa shape index (κ3) is 2.73. The van der Waals surface area contributed by atoms with E-state index in [0.717, 1.165) is 16.5 Å². The molecule has 2 saturated heterocycles. The van der Waals surface area contributed by atoms with Crippen molar-refractivity contribution in [2.24, 2.45) is 5.92 Å². The molecule has 4 rings (SSSR count). The van der Waals surface area contributed by atoms with Gasteiger partial charge in [-0.3, -0.25) is 14.4 Å². The third-order valence-electron chi connectivity index (χ3n) is 5.77. The van der Waals surface area contributed by atoms with E-state index in [1.54, 1.807) is 4.90 Å². The third-order valence-corrected chi connectivity index (χ3v) is 5.77. The minimum absolute atomic E-state index is 0.0264. The first-order chi connectivity index (χ1) is 12.5. The molecule has 136 valence electrons. The Kier molecular flexibility index (Phi) is 3.94. The molecule has 1 atom stereocenters. The van der Waals surface area contributed by atoms with Crippen LogP contribution in [0.15, 0.2) is 30.5 Å². The minimum atomic E-state index is -0.943. The first kappa shape index (κ1) is 16.6. The van der Waals surface area contributed by atoms with Gasteiger partial charge in [0.1, 0.15) is 0 Å². The van der Waals surface area contributed by atoms with Crippen LogP contribution in [0.1, 0.15) is 24.8 Å². The lowest BCUT2D eigenvalue weighted by atomic mass is 9.77. The average Bonchev–Trinajstić information content (AvgIpc) is 3.17. The summed E-state index contributed by atoms with van der Waals surface area (Å²) in [6.45, 7) is 0.927. The Labute approximate surface area is 150 Å². The number of carboxylic acid groups (broad SMARTS) is 1. The summed E-state index contributed by atoms with van der Waals surface area (Å²) in [6, 6.07) is 7.86. The predicted molar refractivity (Wildman–Crippen MR) is 94.4 cm³/mol. The van der Waals surface area contributed by atoms with Crippen molar-refractivity contribution in [2.45, 2.75) is 31.2 Å². The highest BCUT2D eigenvalue weighted by atomic mass is 16.4. The monoisotopic (exact) mass is 355 g/mol. The number of amides is 2. The van der Waals surface area contributed by atoms with Gasteiger partial charge < -0.3 is 20.3 Å². The number of benzene rings is 1. The lowest BCUT2D eigenvalue weighted by molar-refractivity contribution is -0.145. The van der Waals surface area contributed by atoms with Crippen molar-refractivity contribution in [3.63, 3.8) is 0 Å². The van der Waals surface area contributed by atoms with E-state index in [-0.39, 0.29) is 18.2 Å². The van der Waals surface area contributed by atoms with E-state index in [9.17, 15) is 19.5 Å². The average molecular weight is 355 g/mol. The first-order valence-electron chi connectivity index (χ1n) is 8.85. The molecule has 0 unspecified atom stereocenters. The SMILES string of the molecule is O=C1C[C@H](C(=O)O)C2(CCN(C(=O)Cc3c[nH]c4ccccc34)CC2)N1. The number of hydrogen-bond acceptors (Lipinski definition) is 3. The fraction of sp³-hybridized carbons (Fsp3) is 0.421. The zero-order valence-electron chi connectivity index (χ0n) is 14.3. The normalized spacial score (nSPS) is 21.9. The quantitative estimate of drug-likeness (QED) is 0.772. The summed E-state index contributed by atoms with van der Waals surface area (Å²) in [7, 11) is 0. The highest BCUT2D eigenvalue weighted by Gasteiger charge is 2.51. The minimum Gasteiger partial charge on any atom is -0.481 e. The van der Waals surface area contributed by atoms with Crippen LogP contribution in [-0.2, 0) is 20.8 Å². The van der Waals surface area contributed by atoms with Gasteiger partial charge >= 0.3 is 5.97 Å². The van der Waals surface area contributed by atoms with E-state index in [4.69, 9.17) is 0 Å². The second-order valence-electron chi connectivity index (χ2n) is 7.22. The molecule has 2 aliphatic rings. The van der Waals surface area contributed by atoms with Crippen molar-refractivity contribution in [3.05, 3.63) is 36.0 Å². The summed E-state index contributed by atoms with van der Waals surface area (Å²) in [5.74, 6) is -1.83. The van der Waals surface area contributed by atoms with E-state index >= 15 is 0 Å². The summed E-state index contributed by atoms with van der Waals surface area (Å²) in [5.41, 5.74) is 1.26. The Morgan fingerprint density at radius 1 is 1.23 bits per heavy atom. The Balaban J connectivity index is 1.44. The molecule has 3 N–H and O–H groups in total. The predicted octanol–water partition coefficient (Wildman–Crippen LogP) is 1.29. The number of carbonyl (C=O) groups is 3. The molecule has 2 fully saturated rings. The van der Waals surface area contributed by atoms with Crippen LogP contribution >= 0.6 is 0 Å². The van der Waals surface area contributed by atoms with Crippen LogP contribution < -0.4 is 5.32 Å². The number of piperidine rings is 1. The molecule has 0 radical (unpaired) electrons. The summed E-state index contributed by atoms with van der Waals surface area (Å²) in [6.07, 6.45) is 3.17. The Morgan fingerprint density at radius 2 is 1.96 bits per heavy atom. The number of H-pyrrole nitrogens is 1. The summed E-state index contributed by atoms with van der Waals surface area (Å²) >= 11 is 0. The summed E-state index contributed by atoms with van der Waals surface area (Å²) in [5, 5.41) is 13.3. The molecule has 7 nitrogen and oxygen atoms in total. The highest BCUT2D eigenvalue weighted by Crippen LogP contribution is 2.37. The molecular weight excluding hydrogens is 334 g/mol. The van der Waals surface area contributed by atoms with Crippen LogP contribution in [0.5, 0.6) is 0 Å². The topological polar surface area (TPSA) is 102 Å². The highest BCUT2D eigenvalue weighted by molar-refractivity contribution is 5.90. The first-order valence-corrected chi connectivity index (χ1v) is 8.85. The van der Waals surface area contributed by atoms with Crippen LogP contribution in [0.3, 0.4) is 0 Å². The van der Waals surface area contributed by atoms with Gasteiger partial charge in [-0.05, 0) is 24.5 Å². The lowest BCUT2D eigenvalue weighted by Gasteiger charge is -2.41. The number of fused-ring (bicyclic) bond motifs is 1. The smallest absolute Gasteiger partial charge is 0.309 e. The second kappa shape index (κ2) is 6.16. The van der Waals surface area contributed by atoms with Gasteiger partial charge in [0.05, 0.1) is 17.9 Å². The largest absolute Gasteiger partial charge is 0.481 e. The van der Waals surface area contributed by atoms with E-state index in [1.807, 2.05) is 30.5 Å². The van der Waals surface area contributed by atoms with Gasteiger partial charge in [-0.25, -0.2) is 0 Å². The van der Waals surface area contributed by atoms with E-state index in [1.165, 1.54) is 0 Å². The number of para-hydroxylation sites is 1. The molecule has 3 heterocycles. The number of aromatic amines is 1. The zero-order valence-corrected chi connectivity index (χ0v) is 14.3. The molecule has 1 aromatic carbocycles. The number of nitrogens with zero attached hydrogens (tertiary/aromatic N) is 1. The van der Waals surface area contributed by atoms with Gasteiger partial charge in [-0.15, -0.1) is 0 Å². The second-order valence-corrected chi connectivity index (χ2v) is 7.22. The molecule has 1 spiro atoms. The molecule has 0 bridgehead atoms. The number of rotatable bonds is 3.